The molecule has 0 aliphatic heterocycles. The van der Waals surface area contributed by atoms with E-state index in [1.807, 2.05) is 0 Å². The number of allylic oxidation sites excluding steroid dienone is 2. The molecule has 0 saturated heterocycles. The van der Waals surface area contributed by atoms with E-state index in [1.165, 1.54) is 161 Å². The average Bonchev–Trinajstić information content (AvgIpc) is 3.11. The van der Waals surface area contributed by atoms with Crippen LogP contribution in [0.3, 0.4) is 0 Å². The van der Waals surface area contributed by atoms with E-state index in [1.54, 1.807) is 0 Å². The zero-order chi connectivity index (χ0) is 36.4. The molecular formula is C45H86O5. The van der Waals surface area contributed by atoms with Crippen LogP contribution in [0.4, 0.5) is 0 Å². The Morgan fingerprint density at radius 2 is 0.800 bits per heavy atom. The minimum Gasteiger partial charge on any atom is -0.462 e. The van der Waals surface area contributed by atoms with Crippen molar-refractivity contribution >= 4 is 11.9 Å². The first kappa shape index (κ1) is 48.6. The third-order valence-electron chi connectivity index (χ3n) is 9.80. The molecule has 1 unspecified atom stereocenters. The zero-order valence-corrected chi connectivity index (χ0v) is 33.9. The second kappa shape index (κ2) is 42.1. The van der Waals surface area contributed by atoms with Crippen molar-refractivity contribution in [3.05, 3.63) is 12.2 Å². The molecule has 0 aromatic rings. The highest BCUT2D eigenvalue weighted by molar-refractivity contribution is 5.70. The van der Waals surface area contributed by atoms with Gasteiger partial charge in [0.2, 0.25) is 0 Å². The Labute approximate surface area is 312 Å². The molecular weight excluding hydrogens is 620 g/mol. The summed E-state index contributed by atoms with van der Waals surface area (Å²) in [4.78, 5) is 25.1. The average molecular weight is 707 g/mol. The van der Waals surface area contributed by atoms with Crippen LogP contribution in [0.15, 0.2) is 12.2 Å². The van der Waals surface area contributed by atoms with E-state index >= 15 is 0 Å². The van der Waals surface area contributed by atoms with Crippen LogP contribution in [0.1, 0.15) is 239 Å². The third-order valence-corrected chi connectivity index (χ3v) is 9.80. The van der Waals surface area contributed by atoms with Crippen molar-refractivity contribution in [2.75, 3.05) is 19.8 Å². The number of hydrogen-bond donors (Lipinski definition) is 0. The summed E-state index contributed by atoms with van der Waals surface area (Å²) >= 11 is 0. The molecule has 1 atom stereocenters. The van der Waals surface area contributed by atoms with Crippen LogP contribution in [-0.2, 0) is 23.8 Å². The van der Waals surface area contributed by atoms with Crippen molar-refractivity contribution in [3.63, 3.8) is 0 Å². The van der Waals surface area contributed by atoms with Gasteiger partial charge in [-0.25, -0.2) is 0 Å². The maximum Gasteiger partial charge on any atom is 0.306 e. The molecule has 0 amide bonds. The van der Waals surface area contributed by atoms with Crippen LogP contribution in [0.5, 0.6) is 0 Å². The fourth-order valence-electron chi connectivity index (χ4n) is 6.43. The summed E-state index contributed by atoms with van der Waals surface area (Å²) in [6.07, 6.45) is 44.8. The highest BCUT2D eigenvalue weighted by atomic mass is 16.6. The number of ether oxygens (including phenoxy) is 3. The molecule has 0 aliphatic rings. The maximum atomic E-state index is 12.7. The second-order valence-electron chi connectivity index (χ2n) is 15.0. The molecule has 0 fully saturated rings. The van der Waals surface area contributed by atoms with Gasteiger partial charge in [0.25, 0.3) is 0 Å². The van der Waals surface area contributed by atoms with Gasteiger partial charge in [-0.2, -0.15) is 0 Å². The number of unbranched alkanes of at least 4 members (excludes halogenated alkanes) is 28. The van der Waals surface area contributed by atoms with Crippen molar-refractivity contribution in [2.45, 2.75) is 245 Å². The fourth-order valence-corrected chi connectivity index (χ4v) is 6.43. The van der Waals surface area contributed by atoms with Crippen molar-refractivity contribution in [2.24, 2.45) is 0 Å². The largest absolute Gasteiger partial charge is 0.462 e. The van der Waals surface area contributed by atoms with Crippen LogP contribution >= 0.6 is 0 Å². The zero-order valence-electron chi connectivity index (χ0n) is 33.9. The minimum absolute atomic E-state index is 0.0889. The van der Waals surface area contributed by atoms with Crippen molar-refractivity contribution < 1.29 is 23.8 Å². The van der Waals surface area contributed by atoms with Gasteiger partial charge in [0, 0.05) is 19.4 Å². The molecule has 0 radical (unpaired) electrons. The lowest BCUT2D eigenvalue weighted by atomic mass is 10.1. The molecule has 5 heteroatoms. The van der Waals surface area contributed by atoms with Gasteiger partial charge in [0.15, 0.2) is 6.10 Å². The molecule has 0 saturated carbocycles. The molecule has 0 heterocycles. The number of esters is 2. The Hall–Kier alpha value is -1.36. The van der Waals surface area contributed by atoms with Crippen LogP contribution in [-0.4, -0.2) is 37.9 Å². The van der Waals surface area contributed by atoms with E-state index in [0.717, 1.165) is 44.9 Å². The van der Waals surface area contributed by atoms with Gasteiger partial charge in [0.05, 0.1) is 6.61 Å². The molecule has 0 bridgehead atoms. The van der Waals surface area contributed by atoms with Gasteiger partial charge in [0.1, 0.15) is 6.61 Å². The maximum absolute atomic E-state index is 12.7. The fraction of sp³-hybridized carbons (Fsp3) is 0.911. The molecule has 0 aromatic carbocycles. The van der Waals surface area contributed by atoms with E-state index in [9.17, 15) is 9.59 Å². The molecule has 0 N–H and O–H groups in total. The van der Waals surface area contributed by atoms with Crippen molar-refractivity contribution in [1.82, 2.24) is 0 Å². The minimum atomic E-state index is -0.526. The lowest BCUT2D eigenvalue weighted by Crippen LogP contribution is -2.30. The molecule has 296 valence electrons. The van der Waals surface area contributed by atoms with E-state index in [4.69, 9.17) is 14.2 Å². The lowest BCUT2D eigenvalue weighted by Gasteiger charge is -2.18. The first-order valence-electron chi connectivity index (χ1n) is 22.2. The predicted octanol–water partition coefficient (Wildman–Crippen LogP) is 14.3. The smallest absolute Gasteiger partial charge is 0.306 e. The van der Waals surface area contributed by atoms with E-state index in [0.29, 0.717) is 26.1 Å². The van der Waals surface area contributed by atoms with Gasteiger partial charge < -0.3 is 14.2 Å². The quantitative estimate of drug-likeness (QED) is 0.0360. The third kappa shape index (κ3) is 39.4. The molecule has 50 heavy (non-hydrogen) atoms. The standard InChI is InChI=1S/C45H86O5/c1-4-7-10-13-16-19-22-25-28-31-34-37-40-48-41-43(50-45(47)39-36-33-30-27-24-21-18-15-12-9-6-3)42-49-44(46)38-35-32-29-26-23-20-17-14-11-8-5-2/h14,17,43H,4-13,15-16,18-42H2,1-3H3/b17-14-. The highest BCUT2D eigenvalue weighted by Crippen LogP contribution is 2.15. The van der Waals surface area contributed by atoms with E-state index in [2.05, 4.69) is 32.9 Å². The first-order valence-corrected chi connectivity index (χ1v) is 22.2. The van der Waals surface area contributed by atoms with E-state index < -0.39 is 6.10 Å². The van der Waals surface area contributed by atoms with Gasteiger partial charge in [-0.15, -0.1) is 0 Å². The Morgan fingerprint density at radius 1 is 0.420 bits per heavy atom. The lowest BCUT2D eigenvalue weighted by molar-refractivity contribution is -0.163. The summed E-state index contributed by atoms with van der Waals surface area (Å²) in [6, 6.07) is 0. The number of carbonyl (C=O) groups excluding carboxylic acids is 2. The monoisotopic (exact) mass is 707 g/mol. The summed E-state index contributed by atoms with van der Waals surface area (Å²) in [6.45, 7) is 7.81. The van der Waals surface area contributed by atoms with Gasteiger partial charge in [-0.3, -0.25) is 9.59 Å². The first-order chi connectivity index (χ1) is 24.6. The summed E-state index contributed by atoms with van der Waals surface area (Å²) in [5.74, 6) is -0.396. The molecule has 0 rings (SSSR count). The normalized spacial score (nSPS) is 12.1. The Bertz CT molecular complexity index is 720. The van der Waals surface area contributed by atoms with Crippen LogP contribution < -0.4 is 0 Å². The Kier molecular flexibility index (Phi) is 40.9. The SMILES string of the molecule is CCCC/C=C\CCCCCCCC(=O)OCC(COCCCCCCCCCCCCCC)OC(=O)CCCCCCCCCCCCC. The van der Waals surface area contributed by atoms with Crippen molar-refractivity contribution in [1.29, 1.82) is 0 Å². The van der Waals surface area contributed by atoms with E-state index in [-0.39, 0.29) is 18.5 Å². The van der Waals surface area contributed by atoms with Crippen LogP contribution in [0.25, 0.3) is 0 Å². The van der Waals surface area contributed by atoms with Gasteiger partial charge in [-0.05, 0) is 38.5 Å². The van der Waals surface area contributed by atoms with Gasteiger partial charge in [-0.1, -0.05) is 200 Å². The predicted molar refractivity (Wildman–Crippen MR) is 215 cm³/mol. The number of rotatable bonds is 41. The Morgan fingerprint density at radius 3 is 1.28 bits per heavy atom. The number of hydrogen-bond acceptors (Lipinski definition) is 5. The molecule has 0 spiro atoms. The van der Waals surface area contributed by atoms with Crippen LogP contribution in [0.2, 0.25) is 0 Å². The summed E-state index contributed by atoms with van der Waals surface area (Å²) in [7, 11) is 0. The Balaban J connectivity index is 4.22. The summed E-state index contributed by atoms with van der Waals surface area (Å²) in [5, 5.41) is 0. The number of carbonyl (C=O) groups is 2. The van der Waals surface area contributed by atoms with Gasteiger partial charge >= 0.3 is 11.9 Å². The topological polar surface area (TPSA) is 61.8 Å². The summed E-state index contributed by atoms with van der Waals surface area (Å²) in [5.41, 5.74) is 0. The second-order valence-corrected chi connectivity index (χ2v) is 15.0. The molecule has 0 aromatic heterocycles. The van der Waals surface area contributed by atoms with Crippen molar-refractivity contribution in [3.8, 4) is 0 Å². The molecule has 5 nitrogen and oxygen atoms in total. The summed E-state index contributed by atoms with van der Waals surface area (Å²) < 4.78 is 17.3. The van der Waals surface area contributed by atoms with Crippen LogP contribution in [0, 0.1) is 0 Å². The highest BCUT2D eigenvalue weighted by Gasteiger charge is 2.17. The molecule has 0 aliphatic carbocycles.